The molecule has 5 aliphatic carbocycles. The fourth-order valence-electron chi connectivity index (χ4n) is 4.61. The van der Waals surface area contributed by atoms with Gasteiger partial charge in [-0.05, 0) is 48.3 Å². The molecule has 5 aliphatic rings. The average Bonchev–Trinajstić information content (AvgIpc) is 2.15. The first-order valence-corrected chi connectivity index (χ1v) is 5.83. The van der Waals surface area contributed by atoms with Crippen LogP contribution >= 0.6 is 0 Å². The first-order chi connectivity index (χ1) is 6.79. The van der Waals surface area contributed by atoms with Gasteiger partial charge in [0.05, 0.1) is 12.2 Å². The van der Waals surface area contributed by atoms with Crippen LogP contribution in [0.25, 0.3) is 0 Å². The van der Waals surface area contributed by atoms with E-state index in [1.165, 1.54) is 12.8 Å². The number of allylic oxidation sites excluding steroid dienone is 2. The Kier molecular flexibility index (Phi) is 1.27. The van der Waals surface area contributed by atoms with Gasteiger partial charge in [0.25, 0.3) is 0 Å². The van der Waals surface area contributed by atoms with E-state index in [1.54, 1.807) is 0 Å². The van der Waals surface area contributed by atoms with Crippen molar-refractivity contribution >= 4 is 0 Å². The molecule has 0 aromatic rings. The van der Waals surface area contributed by atoms with Crippen molar-refractivity contribution in [2.75, 3.05) is 0 Å². The van der Waals surface area contributed by atoms with Crippen LogP contribution in [0.15, 0.2) is 12.2 Å². The van der Waals surface area contributed by atoms with Crippen molar-refractivity contribution in [3.05, 3.63) is 12.2 Å². The lowest BCUT2D eigenvalue weighted by atomic mass is 9.40. The van der Waals surface area contributed by atoms with Crippen LogP contribution in [-0.4, -0.2) is 22.4 Å². The number of rotatable bonds is 0. The van der Waals surface area contributed by atoms with Gasteiger partial charge in [0.2, 0.25) is 0 Å². The third-order valence-corrected chi connectivity index (χ3v) is 5.40. The standard InChI is InChI=1S/C12H16O2/c13-11-9-7-3-4-8(10(9)12(11)14)6-2-1-5(6)7/h3-14H,1-2H2. The third kappa shape index (κ3) is 0.636. The highest BCUT2D eigenvalue weighted by Crippen LogP contribution is 2.64. The molecule has 2 bridgehead atoms. The molecule has 0 saturated heterocycles. The first kappa shape index (κ1) is 7.89. The van der Waals surface area contributed by atoms with Crippen LogP contribution in [0.4, 0.5) is 0 Å². The molecule has 0 aromatic carbocycles. The average molecular weight is 192 g/mol. The molecule has 0 radical (unpaired) electrons. The van der Waals surface area contributed by atoms with Gasteiger partial charge < -0.3 is 10.2 Å². The highest BCUT2D eigenvalue weighted by molar-refractivity contribution is 5.24. The smallest absolute Gasteiger partial charge is 0.0839 e. The van der Waals surface area contributed by atoms with Crippen LogP contribution in [0.2, 0.25) is 0 Å². The Morgan fingerprint density at radius 1 is 0.786 bits per heavy atom. The SMILES string of the molecule is OC1C(O)C2C3C=CC(C4CCC34)C12. The molecule has 0 aliphatic heterocycles. The van der Waals surface area contributed by atoms with Crippen LogP contribution in [-0.2, 0) is 0 Å². The Bertz CT molecular complexity index is 281. The zero-order valence-electron chi connectivity index (χ0n) is 8.08. The summed E-state index contributed by atoms with van der Waals surface area (Å²) in [5.74, 6) is 3.63. The Morgan fingerprint density at radius 3 is 1.57 bits per heavy atom. The van der Waals surface area contributed by atoms with Crippen LogP contribution in [0.1, 0.15) is 12.8 Å². The maximum Gasteiger partial charge on any atom is 0.0839 e. The minimum Gasteiger partial charge on any atom is -0.390 e. The molecule has 0 aromatic heterocycles. The molecule has 2 heteroatoms. The molecular weight excluding hydrogens is 176 g/mol. The summed E-state index contributed by atoms with van der Waals surface area (Å²) in [5, 5.41) is 19.6. The molecule has 3 saturated carbocycles. The van der Waals surface area contributed by atoms with Crippen molar-refractivity contribution in [3.63, 3.8) is 0 Å². The molecule has 5 rings (SSSR count). The summed E-state index contributed by atoms with van der Waals surface area (Å²) < 4.78 is 0. The summed E-state index contributed by atoms with van der Waals surface area (Å²) in [6.45, 7) is 0. The summed E-state index contributed by atoms with van der Waals surface area (Å²) >= 11 is 0. The molecule has 0 heterocycles. The summed E-state index contributed by atoms with van der Waals surface area (Å²) in [6.07, 6.45) is 6.48. The molecule has 3 fully saturated rings. The van der Waals surface area contributed by atoms with Crippen LogP contribution in [0.5, 0.6) is 0 Å². The summed E-state index contributed by atoms with van der Waals surface area (Å²) in [5.41, 5.74) is 0. The van der Waals surface area contributed by atoms with E-state index in [0.717, 1.165) is 11.8 Å². The van der Waals surface area contributed by atoms with Gasteiger partial charge in [-0.3, -0.25) is 0 Å². The molecule has 76 valence electrons. The van der Waals surface area contributed by atoms with Crippen LogP contribution < -0.4 is 0 Å². The van der Waals surface area contributed by atoms with E-state index in [-0.39, 0.29) is 0 Å². The number of aliphatic hydroxyl groups is 2. The normalized spacial score (nSPS) is 67.9. The second kappa shape index (κ2) is 2.25. The Labute approximate surface area is 83.6 Å². The zero-order valence-corrected chi connectivity index (χ0v) is 8.08. The van der Waals surface area contributed by atoms with E-state index in [1.807, 2.05) is 0 Å². The molecule has 2 nitrogen and oxygen atoms in total. The minimum atomic E-state index is -0.431. The lowest BCUT2D eigenvalue weighted by Gasteiger charge is -2.66. The minimum absolute atomic E-state index is 0.390. The number of hydrogen-bond acceptors (Lipinski definition) is 2. The van der Waals surface area contributed by atoms with Gasteiger partial charge >= 0.3 is 0 Å². The monoisotopic (exact) mass is 192 g/mol. The fourth-order valence-corrected chi connectivity index (χ4v) is 4.61. The predicted octanol–water partition coefficient (Wildman–Crippen LogP) is 0.796. The third-order valence-electron chi connectivity index (χ3n) is 5.40. The van der Waals surface area contributed by atoms with Crippen LogP contribution in [0.3, 0.4) is 0 Å². The van der Waals surface area contributed by atoms with Gasteiger partial charge in [-0.2, -0.15) is 0 Å². The summed E-state index contributed by atoms with van der Waals surface area (Å²) in [6, 6.07) is 0. The molecular formula is C12H16O2. The van der Waals surface area contributed by atoms with Gasteiger partial charge in [-0.1, -0.05) is 12.2 Å². The maximum absolute atomic E-state index is 9.78. The van der Waals surface area contributed by atoms with Gasteiger partial charge in [0.15, 0.2) is 0 Å². The Morgan fingerprint density at radius 2 is 1.21 bits per heavy atom. The van der Waals surface area contributed by atoms with Crippen molar-refractivity contribution in [2.24, 2.45) is 35.5 Å². The predicted molar refractivity (Wildman–Crippen MR) is 51.3 cm³/mol. The fraction of sp³-hybridized carbons (Fsp3) is 0.833. The molecule has 8 atom stereocenters. The number of hydrogen-bond donors (Lipinski definition) is 2. The van der Waals surface area contributed by atoms with E-state index >= 15 is 0 Å². The highest BCUT2D eigenvalue weighted by atomic mass is 16.3. The molecule has 0 spiro atoms. The molecule has 0 amide bonds. The van der Waals surface area contributed by atoms with Crippen LogP contribution in [0, 0.1) is 35.5 Å². The van der Waals surface area contributed by atoms with E-state index in [9.17, 15) is 10.2 Å². The van der Waals surface area contributed by atoms with Gasteiger partial charge in [0.1, 0.15) is 0 Å². The Balaban J connectivity index is 1.76. The number of aliphatic hydroxyl groups excluding tert-OH is 2. The van der Waals surface area contributed by atoms with Gasteiger partial charge in [-0.25, -0.2) is 0 Å². The largest absolute Gasteiger partial charge is 0.390 e. The summed E-state index contributed by atoms with van der Waals surface area (Å²) in [4.78, 5) is 0. The lowest BCUT2D eigenvalue weighted by Crippen LogP contribution is -2.68. The van der Waals surface area contributed by atoms with Crippen molar-refractivity contribution in [2.45, 2.75) is 25.0 Å². The van der Waals surface area contributed by atoms with Gasteiger partial charge in [-0.15, -0.1) is 0 Å². The second-order valence-corrected chi connectivity index (χ2v) is 5.58. The van der Waals surface area contributed by atoms with E-state index in [0.29, 0.717) is 23.7 Å². The quantitative estimate of drug-likeness (QED) is 0.557. The first-order valence-electron chi connectivity index (χ1n) is 5.83. The topological polar surface area (TPSA) is 40.5 Å². The van der Waals surface area contributed by atoms with E-state index in [2.05, 4.69) is 12.2 Å². The molecule has 14 heavy (non-hydrogen) atoms. The van der Waals surface area contributed by atoms with E-state index in [4.69, 9.17) is 0 Å². The van der Waals surface area contributed by atoms with Crippen molar-refractivity contribution < 1.29 is 10.2 Å². The lowest BCUT2D eigenvalue weighted by molar-refractivity contribution is -0.237. The maximum atomic E-state index is 9.78. The van der Waals surface area contributed by atoms with Crippen molar-refractivity contribution in [3.8, 4) is 0 Å². The molecule has 8 unspecified atom stereocenters. The Hall–Kier alpha value is -0.340. The zero-order chi connectivity index (χ0) is 9.45. The van der Waals surface area contributed by atoms with Gasteiger partial charge in [0, 0.05) is 0 Å². The van der Waals surface area contributed by atoms with E-state index < -0.39 is 12.2 Å². The summed E-state index contributed by atoms with van der Waals surface area (Å²) in [7, 11) is 0. The second-order valence-electron chi connectivity index (χ2n) is 5.58. The van der Waals surface area contributed by atoms with Crippen molar-refractivity contribution in [1.82, 2.24) is 0 Å². The van der Waals surface area contributed by atoms with Crippen molar-refractivity contribution in [1.29, 1.82) is 0 Å². The highest BCUT2D eigenvalue weighted by Gasteiger charge is 2.64. The molecule has 2 N–H and O–H groups in total.